The van der Waals surface area contributed by atoms with E-state index in [2.05, 4.69) is 4.74 Å². The van der Waals surface area contributed by atoms with Crippen molar-refractivity contribution in [1.82, 2.24) is 0 Å². The van der Waals surface area contributed by atoms with Gasteiger partial charge in [-0.25, -0.2) is 9.18 Å². The lowest BCUT2D eigenvalue weighted by Gasteiger charge is -2.18. The maximum absolute atomic E-state index is 13.7. The zero-order valence-electron chi connectivity index (χ0n) is 9.84. The van der Waals surface area contributed by atoms with Gasteiger partial charge in [0.1, 0.15) is 11.9 Å². The van der Waals surface area contributed by atoms with Crippen LogP contribution in [0, 0.1) is 5.82 Å². The van der Waals surface area contributed by atoms with Crippen molar-refractivity contribution < 1.29 is 29.2 Å². The number of halogens is 1. The zero-order valence-corrected chi connectivity index (χ0v) is 9.84. The van der Waals surface area contributed by atoms with Gasteiger partial charge in [0, 0.05) is 12.2 Å². The molecule has 0 aliphatic carbocycles. The fourth-order valence-electron chi connectivity index (χ4n) is 1.51. The highest BCUT2D eigenvalue weighted by atomic mass is 19.1. The number of rotatable bonds is 5. The van der Waals surface area contributed by atoms with Crippen LogP contribution in [0.1, 0.15) is 28.4 Å². The number of methoxy groups -OCH3 is 1. The first-order valence-corrected chi connectivity index (χ1v) is 5.36. The van der Waals surface area contributed by atoms with Crippen LogP contribution in [-0.4, -0.2) is 41.1 Å². The van der Waals surface area contributed by atoms with Crippen LogP contribution in [0.25, 0.3) is 0 Å². The summed E-state index contributed by atoms with van der Waals surface area (Å²) in [5, 5.41) is 27.7. The van der Waals surface area contributed by atoms with Crippen LogP contribution in [0.15, 0.2) is 18.2 Å². The van der Waals surface area contributed by atoms with Crippen LogP contribution in [-0.2, 0) is 4.74 Å². The van der Waals surface area contributed by atoms with Crippen molar-refractivity contribution in [3.63, 3.8) is 0 Å². The van der Waals surface area contributed by atoms with Gasteiger partial charge in [-0.2, -0.15) is 0 Å². The molecule has 0 radical (unpaired) electrons. The lowest BCUT2D eigenvalue weighted by molar-refractivity contribution is 0.00234. The Hall–Kier alpha value is -1.50. The van der Waals surface area contributed by atoms with Crippen molar-refractivity contribution in [3.8, 4) is 0 Å². The fourth-order valence-corrected chi connectivity index (χ4v) is 1.51. The number of aliphatic hydroxyl groups is 3. The largest absolute Gasteiger partial charge is 0.465 e. The van der Waals surface area contributed by atoms with Crippen LogP contribution >= 0.6 is 0 Å². The number of hydrogen-bond donors (Lipinski definition) is 3. The molecule has 0 saturated heterocycles. The summed E-state index contributed by atoms with van der Waals surface area (Å²) in [6.07, 6.45) is -2.79. The fraction of sp³-hybridized carbons (Fsp3) is 0.417. The molecule has 3 N–H and O–H groups in total. The topological polar surface area (TPSA) is 87.0 Å². The molecule has 5 nitrogen and oxygen atoms in total. The first kappa shape index (κ1) is 14.6. The average molecular weight is 258 g/mol. The van der Waals surface area contributed by atoms with Crippen molar-refractivity contribution in [2.75, 3.05) is 13.7 Å². The Morgan fingerprint density at radius 3 is 2.61 bits per heavy atom. The molecular weight excluding hydrogens is 243 g/mol. The lowest BCUT2D eigenvalue weighted by atomic mass is 10.0. The number of carbonyl (C=O) groups is 1. The van der Waals surface area contributed by atoms with Gasteiger partial charge in [-0.3, -0.25) is 0 Å². The highest BCUT2D eigenvalue weighted by molar-refractivity contribution is 5.89. The third-order valence-corrected chi connectivity index (χ3v) is 2.53. The van der Waals surface area contributed by atoms with E-state index in [1.54, 1.807) is 0 Å². The number of ether oxygens (including phenoxy) is 1. The lowest BCUT2D eigenvalue weighted by Crippen LogP contribution is -2.20. The zero-order chi connectivity index (χ0) is 13.7. The Morgan fingerprint density at radius 1 is 1.44 bits per heavy atom. The van der Waals surface area contributed by atoms with Gasteiger partial charge in [-0.05, 0) is 18.6 Å². The Kier molecular flexibility index (Phi) is 5.21. The number of aliphatic hydroxyl groups excluding tert-OH is 3. The molecule has 0 heterocycles. The van der Waals surface area contributed by atoms with Crippen LogP contribution in [0.4, 0.5) is 4.39 Å². The summed E-state index contributed by atoms with van der Waals surface area (Å²) in [7, 11) is 1.17. The summed E-state index contributed by atoms with van der Waals surface area (Å²) in [5.74, 6) is -1.51. The molecule has 0 amide bonds. The molecule has 1 aromatic carbocycles. The van der Waals surface area contributed by atoms with Gasteiger partial charge in [0.2, 0.25) is 0 Å². The number of carbonyl (C=O) groups excluding carboxylic acids is 1. The summed E-state index contributed by atoms with van der Waals surface area (Å²) in [4.78, 5) is 11.1. The molecule has 0 bridgehead atoms. The van der Waals surface area contributed by atoms with Gasteiger partial charge in [0.15, 0.2) is 0 Å². The average Bonchev–Trinajstić information content (AvgIpc) is 2.37. The molecule has 0 spiro atoms. The Labute approximate surface area is 103 Å². The second kappa shape index (κ2) is 6.44. The molecule has 0 aliphatic heterocycles. The van der Waals surface area contributed by atoms with E-state index in [9.17, 15) is 19.4 Å². The molecule has 0 aromatic heterocycles. The third kappa shape index (κ3) is 3.25. The van der Waals surface area contributed by atoms with Crippen molar-refractivity contribution in [1.29, 1.82) is 0 Å². The summed E-state index contributed by atoms with van der Waals surface area (Å²) in [5.41, 5.74) is -0.119. The van der Waals surface area contributed by atoms with E-state index < -0.39 is 24.0 Å². The van der Waals surface area contributed by atoms with E-state index in [4.69, 9.17) is 5.11 Å². The molecule has 1 rings (SSSR count). The number of hydrogen-bond acceptors (Lipinski definition) is 5. The predicted molar refractivity (Wildman–Crippen MR) is 60.4 cm³/mol. The van der Waals surface area contributed by atoms with Crippen molar-refractivity contribution in [2.24, 2.45) is 0 Å². The van der Waals surface area contributed by atoms with Gasteiger partial charge in [0.25, 0.3) is 0 Å². The maximum atomic E-state index is 13.7. The van der Waals surface area contributed by atoms with E-state index in [0.29, 0.717) is 0 Å². The Balaban J connectivity index is 2.94. The van der Waals surface area contributed by atoms with Crippen LogP contribution in [0.5, 0.6) is 0 Å². The highest BCUT2D eigenvalue weighted by Crippen LogP contribution is 2.23. The SMILES string of the molecule is COC(=O)c1ccc(C(O)C(O)CCO)c(F)c1. The van der Waals surface area contributed by atoms with E-state index in [1.165, 1.54) is 19.2 Å². The second-order valence-electron chi connectivity index (χ2n) is 3.75. The Morgan fingerprint density at radius 2 is 2.11 bits per heavy atom. The number of benzene rings is 1. The molecular formula is C12H15FO5. The summed E-state index contributed by atoms with van der Waals surface area (Å²) in [6, 6.07) is 3.42. The third-order valence-electron chi connectivity index (χ3n) is 2.53. The molecule has 0 aliphatic rings. The van der Waals surface area contributed by atoms with Crippen molar-refractivity contribution in [2.45, 2.75) is 18.6 Å². The first-order valence-electron chi connectivity index (χ1n) is 5.36. The van der Waals surface area contributed by atoms with Crippen molar-refractivity contribution >= 4 is 5.97 Å². The minimum atomic E-state index is -1.45. The number of esters is 1. The van der Waals surface area contributed by atoms with Gasteiger partial charge in [-0.15, -0.1) is 0 Å². The van der Waals surface area contributed by atoms with E-state index in [-0.39, 0.29) is 24.2 Å². The summed E-state index contributed by atoms with van der Waals surface area (Å²) >= 11 is 0. The predicted octanol–water partition coefficient (Wildman–Crippen LogP) is 0.389. The van der Waals surface area contributed by atoms with Crippen LogP contribution < -0.4 is 0 Å². The first-order chi connectivity index (χ1) is 8.51. The normalized spacial score (nSPS) is 14.1. The summed E-state index contributed by atoms with van der Waals surface area (Å²) in [6.45, 7) is -0.319. The molecule has 0 saturated carbocycles. The van der Waals surface area contributed by atoms with Gasteiger partial charge in [-0.1, -0.05) is 6.07 Å². The van der Waals surface area contributed by atoms with E-state index >= 15 is 0 Å². The van der Waals surface area contributed by atoms with Gasteiger partial charge < -0.3 is 20.1 Å². The Bertz CT molecular complexity index is 421. The summed E-state index contributed by atoms with van der Waals surface area (Å²) < 4.78 is 18.1. The molecule has 6 heteroatoms. The second-order valence-corrected chi connectivity index (χ2v) is 3.75. The maximum Gasteiger partial charge on any atom is 0.337 e. The molecule has 100 valence electrons. The van der Waals surface area contributed by atoms with Crippen molar-refractivity contribution in [3.05, 3.63) is 35.1 Å². The molecule has 1 aromatic rings. The van der Waals surface area contributed by atoms with Crippen LogP contribution in [0.3, 0.4) is 0 Å². The van der Waals surface area contributed by atoms with Crippen LogP contribution in [0.2, 0.25) is 0 Å². The monoisotopic (exact) mass is 258 g/mol. The minimum Gasteiger partial charge on any atom is -0.465 e. The molecule has 2 unspecified atom stereocenters. The quantitative estimate of drug-likeness (QED) is 0.665. The molecule has 2 atom stereocenters. The van der Waals surface area contributed by atoms with E-state index in [1.807, 2.05) is 0 Å². The standard InChI is InChI=1S/C12H15FO5/c1-18-12(17)7-2-3-8(9(13)6-7)11(16)10(15)4-5-14/h2-3,6,10-11,14-16H,4-5H2,1H3. The smallest absolute Gasteiger partial charge is 0.337 e. The molecule has 18 heavy (non-hydrogen) atoms. The van der Waals surface area contributed by atoms with Gasteiger partial charge >= 0.3 is 5.97 Å². The van der Waals surface area contributed by atoms with E-state index in [0.717, 1.165) is 6.07 Å². The highest BCUT2D eigenvalue weighted by Gasteiger charge is 2.22. The molecule has 0 fully saturated rings. The van der Waals surface area contributed by atoms with Gasteiger partial charge in [0.05, 0.1) is 18.8 Å². The minimum absolute atomic E-state index is 0.0163.